The van der Waals surface area contributed by atoms with Gasteiger partial charge in [0.2, 0.25) is 5.91 Å². The first-order valence-corrected chi connectivity index (χ1v) is 8.95. The molecule has 2 aromatic heterocycles. The van der Waals surface area contributed by atoms with Crippen molar-refractivity contribution in [2.75, 3.05) is 20.1 Å². The molecule has 0 aromatic carbocycles. The number of carbonyl (C=O) groups excluding carboxylic acids is 1. The van der Waals surface area contributed by atoms with Crippen molar-refractivity contribution in [1.29, 1.82) is 0 Å². The van der Waals surface area contributed by atoms with E-state index in [4.69, 9.17) is 0 Å². The second-order valence-corrected chi connectivity index (χ2v) is 6.89. The van der Waals surface area contributed by atoms with Gasteiger partial charge in [-0.15, -0.1) is 17.5 Å². The summed E-state index contributed by atoms with van der Waals surface area (Å²) in [6.45, 7) is 5.18. The van der Waals surface area contributed by atoms with E-state index in [2.05, 4.69) is 20.4 Å². The molecule has 1 aliphatic rings. The van der Waals surface area contributed by atoms with Crippen LogP contribution < -0.4 is 5.32 Å². The molecule has 28 heavy (non-hydrogen) atoms. The van der Waals surface area contributed by atoms with E-state index in [1.54, 1.807) is 18.7 Å². The maximum Gasteiger partial charge on any atom is 0.453 e. The normalized spacial score (nSPS) is 15.5. The number of alkyl halides is 3. The second-order valence-electron chi connectivity index (χ2n) is 6.89. The molecule has 11 heteroatoms. The van der Waals surface area contributed by atoms with E-state index < -0.39 is 12.0 Å². The molecule has 0 spiro atoms. The van der Waals surface area contributed by atoms with E-state index in [9.17, 15) is 18.0 Å². The Kier molecular flexibility index (Phi) is 6.87. The number of nitrogens with one attached hydrogen (secondary N) is 1. The van der Waals surface area contributed by atoms with Crippen molar-refractivity contribution in [3.63, 3.8) is 0 Å². The van der Waals surface area contributed by atoms with Gasteiger partial charge in [0.1, 0.15) is 0 Å². The highest BCUT2D eigenvalue weighted by Gasteiger charge is 2.37. The summed E-state index contributed by atoms with van der Waals surface area (Å²) in [7, 11) is 1.81. The van der Waals surface area contributed by atoms with Crippen molar-refractivity contribution in [3.8, 4) is 0 Å². The zero-order valence-corrected chi connectivity index (χ0v) is 16.8. The van der Waals surface area contributed by atoms with E-state index in [-0.39, 0.29) is 36.6 Å². The van der Waals surface area contributed by atoms with Crippen LogP contribution in [0.25, 0.3) is 5.78 Å². The van der Waals surface area contributed by atoms with Gasteiger partial charge >= 0.3 is 6.18 Å². The lowest BCUT2D eigenvalue weighted by atomic mass is 10.0. The third-order valence-electron chi connectivity index (χ3n) is 5.14. The minimum absolute atomic E-state index is 0. The molecule has 1 fully saturated rings. The molecule has 0 aliphatic carbocycles. The largest absolute Gasteiger partial charge is 0.453 e. The maximum atomic E-state index is 12.9. The van der Waals surface area contributed by atoms with Gasteiger partial charge in [-0.1, -0.05) is 0 Å². The molecule has 1 aliphatic heterocycles. The van der Waals surface area contributed by atoms with Crippen LogP contribution in [-0.4, -0.2) is 56.6 Å². The number of carbonyl (C=O) groups is 1. The standard InChI is InChI=1S/C17H23F3N6O.ClH/c1-10-13(4-5-14(27)25(3)12-6-8-21-9-7-12)11(2)26-16(22-10)23-15(24-26)17(18,19)20;/h12,21H,4-9H2,1-3H3;1H. The summed E-state index contributed by atoms with van der Waals surface area (Å²) in [4.78, 5) is 21.9. The SMILES string of the molecule is Cc1nc2nc(C(F)(F)F)nn2c(C)c1CCC(=O)N(C)C1CCNCC1.Cl. The smallest absolute Gasteiger partial charge is 0.343 e. The van der Waals surface area contributed by atoms with E-state index >= 15 is 0 Å². The molecule has 0 radical (unpaired) electrons. The van der Waals surface area contributed by atoms with E-state index in [0.29, 0.717) is 17.8 Å². The summed E-state index contributed by atoms with van der Waals surface area (Å²) in [5, 5.41) is 6.81. The van der Waals surface area contributed by atoms with Crippen LogP contribution in [0.4, 0.5) is 13.2 Å². The molecule has 156 valence electrons. The first kappa shape index (κ1) is 22.4. The van der Waals surface area contributed by atoms with Crippen LogP contribution in [0.2, 0.25) is 0 Å². The Morgan fingerprint density at radius 3 is 2.50 bits per heavy atom. The van der Waals surface area contributed by atoms with Gasteiger partial charge in [0, 0.05) is 30.9 Å². The topological polar surface area (TPSA) is 75.4 Å². The van der Waals surface area contributed by atoms with Gasteiger partial charge in [-0.25, -0.2) is 9.50 Å². The minimum atomic E-state index is -4.62. The molecule has 1 N–H and O–H groups in total. The van der Waals surface area contributed by atoms with Crippen LogP contribution in [-0.2, 0) is 17.4 Å². The van der Waals surface area contributed by atoms with Crippen molar-refractivity contribution in [3.05, 3.63) is 22.8 Å². The van der Waals surface area contributed by atoms with Crippen LogP contribution in [0.3, 0.4) is 0 Å². The van der Waals surface area contributed by atoms with Crippen LogP contribution in [0.15, 0.2) is 0 Å². The van der Waals surface area contributed by atoms with Crippen LogP contribution in [0.1, 0.15) is 42.0 Å². The van der Waals surface area contributed by atoms with Crippen LogP contribution >= 0.6 is 12.4 Å². The zero-order valence-electron chi connectivity index (χ0n) is 16.0. The Labute approximate surface area is 167 Å². The highest BCUT2D eigenvalue weighted by atomic mass is 35.5. The number of fused-ring (bicyclic) bond motifs is 1. The fraction of sp³-hybridized carbons (Fsp3) is 0.647. The van der Waals surface area contributed by atoms with Gasteiger partial charge in [-0.2, -0.15) is 18.2 Å². The minimum Gasteiger partial charge on any atom is -0.343 e. The highest BCUT2D eigenvalue weighted by Crippen LogP contribution is 2.27. The molecule has 1 amide bonds. The lowest BCUT2D eigenvalue weighted by molar-refractivity contribution is -0.144. The predicted octanol–water partition coefficient (Wildman–Crippen LogP) is 2.32. The van der Waals surface area contributed by atoms with Crippen LogP contribution in [0.5, 0.6) is 0 Å². The summed E-state index contributed by atoms with van der Waals surface area (Å²) in [6, 6.07) is 0.228. The number of hydrogen-bond donors (Lipinski definition) is 1. The molecular weight excluding hydrogens is 397 g/mol. The Morgan fingerprint density at radius 2 is 1.89 bits per heavy atom. The fourth-order valence-corrected chi connectivity index (χ4v) is 3.50. The molecule has 3 rings (SSSR count). The Balaban J connectivity index is 0.00000280. The van der Waals surface area contributed by atoms with Crippen LogP contribution in [0, 0.1) is 13.8 Å². The van der Waals surface area contributed by atoms with Crippen molar-refractivity contribution < 1.29 is 18.0 Å². The van der Waals surface area contributed by atoms with Crippen molar-refractivity contribution in [2.24, 2.45) is 0 Å². The van der Waals surface area contributed by atoms with E-state index in [1.807, 2.05) is 7.05 Å². The maximum absolute atomic E-state index is 12.9. The summed E-state index contributed by atoms with van der Waals surface area (Å²) in [5.74, 6) is -1.27. The second kappa shape index (κ2) is 8.60. The first-order valence-electron chi connectivity index (χ1n) is 8.95. The summed E-state index contributed by atoms with van der Waals surface area (Å²) in [5.41, 5.74) is 1.82. The lowest BCUT2D eigenvalue weighted by Gasteiger charge is -2.31. The van der Waals surface area contributed by atoms with Gasteiger partial charge in [0.15, 0.2) is 0 Å². The van der Waals surface area contributed by atoms with Crippen molar-refractivity contribution in [1.82, 2.24) is 29.8 Å². The molecule has 1 saturated heterocycles. The van der Waals surface area contributed by atoms with Gasteiger partial charge in [0.25, 0.3) is 11.6 Å². The molecule has 7 nitrogen and oxygen atoms in total. The predicted molar refractivity (Wildman–Crippen MR) is 99.5 cm³/mol. The number of aryl methyl sites for hydroxylation is 2. The molecule has 0 bridgehead atoms. The summed E-state index contributed by atoms with van der Waals surface area (Å²) < 4.78 is 39.7. The molecular formula is C17H24ClF3N6O. The fourth-order valence-electron chi connectivity index (χ4n) is 3.50. The van der Waals surface area contributed by atoms with Gasteiger partial charge in [0.05, 0.1) is 0 Å². The third-order valence-corrected chi connectivity index (χ3v) is 5.14. The lowest BCUT2D eigenvalue weighted by Crippen LogP contribution is -2.44. The average Bonchev–Trinajstić information content (AvgIpc) is 3.06. The number of nitrogens with zero attached hydrogens (tertiary/aromatic N) is 5. The molecule has 2 aromatic rings. The monoisotopic (exact) mass is 420 g/mol. The molecule has 3 heterocycles. The molecule has 0 saturated carbocycles. The van der Waals surface area contributed by atoms with E-state index in [1.165, 1.54) is 0 Å². The first-order chi connectivity index (χ1) is 12.7. The zero-order chi connectivity index (χ0) is 19.8. The number of piperidine rings is 1. The summed E-state index contributed by atoms with van der Waals surface area (Å²) in [6.07, 6.45) is -2.10. The molecule has 0 atom stereocenters. The highest BCUT2D eigenvalue weighted by molar-refractivity contribution is 5.85. The Hall–Kier alpha value is -1.94. The Morgan fingerprint density at radius 1 is 1.25 bits per heavy atom. The number of rotatable bonds is 4. The van der Waals surface area contributed by atoms with Gasteiger partial charge in [-0.3, -0.25) is 4.79 Å². The average molecular weight is 421 g/mol. The third kappa shape index (κ3) is 4.54. The van der Waals surface area contributed by atoms with Crippen molar-refractivity contribution in [2.45, 2.75) is 51.7 Å². The van der Waals surface area contributed by atoms with Gasteiger partial charge < -0.3 is 10.2 Å². The number of hydrogen-bond acceptors (Lipinski definition) is 5. The summed E-state index contributed by atoms with van der Waals surface area (Å²) >= 11 is 0. The Bertz CT molecular complexity index is 848. The number of amides is 1. The number of aromatic nitrogens is 4. The van der Waals surface area contributed by atoms with Crippen molar-refractivity contribution >= 4 is 24.1 Å². The van der Waals surface area contributed by atoms with E-state index in [0.717, 1.165) is 36.0 Å². The quantitative estimate of drug-likeness (QED) is 0.821. The van der Waals surface area contributed by atoms with Gasteiger partial charge in [-0.05, 0) is 51.8 Å². The number of halogens is 4. The molecule has 0 unspecified atom stereocenters.